The highest BCUT2D eigenvalue weighted by molar-refractivity contribution is 6.02. The first-order chi connectivity index (χ1) is 14.5. The number of nitrogens with zero attached hydrogens (tertiary/aromatic N) is 2. The normalized spacial score (nSPS) is 13.8. The lowest BCUT2D eigenvalue weighted by Crippen LogP contribution is -2.45. The number of anilines is 2. The molecule has 158 valence electrons. The van der Waals surface area contributed by atoms with E-state index in [-0.39, 0.29) is 6.03 Å². The quantitative estimate of drug-likeness (QED) is 0.320. The SMILES string of the molecule is CCCNC(=O)N(N)c1ccc(-c2c(N)c3cc(OC)ccc3n2C2CCC2)cc1. The number of nitrogen functional groups attached to an aromatic ring is 1. The third-order valence-corrected chi connectivity index (χ3v) is 5.85. The van der Waals surface area contributed by atoms with Gasteiger partial charge >= 0.3 is 6.03 Å². The molecule has 1 aliphatic carbocycles. The van der Waals surface area contributed by atoms with Crippen molar-refractivity contribution in [3.63, 3.8) is 0 Å². The van der Waals surface area contributed by atoms with Crippen LogP contribution >= 0.6 is 0 Å². The van der Waals surface area contributed by atoms with E-state index in [0.29, 0.717) is 18.3 Å². The Labute approximate surface area is 176 Å². The largest absolute Gasteiger partial charge is 0.497 e. The molecule has 0 spiro atoms. The molecule has 1 aromatic heterocycles. The summed E-state index contributed by atoms with van der Waals surface area (Å²) in [5, 5.41) is 4.91. The second-order valence-electron chi connectivity index (χ2n) is 7.75. The van der Waals surface area contributed by atoms with Crippen LogP contribution in [0.5, 0.6) is 5.75 Å². The molecule has 5 N–H and O–H groups in total. The molecule has 1 aliphatic rings. The molecular formula is C23H29N5O2. The van der Waals surface area contributed by atoms with Gasteiger partial charge < -0.3 is 20.4 Å². The first-order valence-corrected chi connectivity index (χ1v) is 10.5. The zero-order valence-corrected chi connectivity index (χ0v) is 17.5. The van der Waals surface area contributed by atoms with Crippen molar-refractivity contribution in [1.82, 2.24) is 9.88 Å². The number of benzene rings is 2. The maximum absolute atomic E-state index is 12.1. The molecule has 30 heavy (non-hydrogen) atoms. The Kier molecular flexibility index (Phi) is 5.55. The van der Waals surface area contributed by atoms with Crippen LogP contribution in [0.3, 0.4) is 0 Å². The molecule has 0 radical (unpaired) electrons. The zero-order valence-electron chi connectivity index (χ0n) is 17.5. The molecule has 1 heterocycles. The smallest absolute Gasteiger partial charge is 0.336 e. The Morgan fingerprint density at radius 2 is 1.97 bits per heavy atom. The monoisotopic (exact) mass is 407 g/mol. The molecule has 0 atom stereocenters. The number of rotatable bonds is 6. The van der Waals surface area contributed by atoms with E-state index in [1.165, 1.54) is 6.42 Å². The van der Waals surface area contributed by atoms with Gasteiger partial charge in [0, 0.05) is 23.5 Å². The second-order valence-corrected chi connectivity index (χ2v) is 7.75. The molecule has 4 rings (SSSR count). The summed E-state index contributed by atoms with van der Waals surface area (Å²) in [6, 6.07) is 13.8. The lowest BCUT2D eigenvalue weighted by atomic mass is 9.92. The lowest BCUT2D eigenvalue weighted by Gasteiger charge is -2.30. The van der Waals surface area contributed by atoms with Gasteiger partial charge in [-0.1, -0.05) is 19.1 Å². The Morgan fingerprint density at radius 1 is 1.23 bits per heavy atom. The molecule has 0 aliphatic heterocycles. The van der Waals surface area contributed by atoms with Crippen molar-refractivity contribution < 1.29 is 9.53 Å². The summed E-state index contributed by atoms with van der Waals surface area (Å²) < 4.78 is 7.76. The Balaban J connectivity index is 1.73. The minimum Gasteiger partial charge on any atom is -0.497 e. The first-order valence-electron chi connectivity index (χ1n) is 10.5. The standard InChI is InChI=1S/C23H29N5O2/c1-3-13-26-23(29)28(25)17-9-7-15(8-10-17)22-21(24)19-14-18(30-2)11-12-20(19)27(22)16-5-4-6-16/h7-12,14,16H,3-6,13,24-25H2,1-2H3,(H,26,29). The lowest BCUT2D eigenvalue weighted by molar-refractivity contribution is 0.246. The molecule has 1 fully saturated rings. The molecular weight excluding hydrogens is 378 g/mol. The van der Waals surface area contributed by atoms with Crippen molar-refractivity contribution in [1.29, 1.82) is 0 Å². The van der Waals surface area contributed by atoms with Gasteiger partial charge in [-0.25, -0.2) is 15.6 Å². The minimum atomic E-state index is -0.320. The molecule has 3 aromatic rings. The maximum atomic E-state index is 12.1. The van der Waals surface area contributed by atoms with Crippen molar-refractivity contribution in [2.24, 2.45) is 5.84 Å². The van der Waals surface area contributed by atoms with Crippen LogP contribution < -0.4 is 26.6 Å². The fraction of sp³-hybridized carbons (Fsp3) is 0.348. The third-order valence-electron chi connectivity index (χ3n) is 5.85. The average molecular weight is 408 g/mol. The molecule has 0 bridgehead atoms. The van der Waals surface area contributed by atoms with Crippen molar-refractivity contribution in [2.75, 3.05) is 24.4 Å². The molecule has 0 unspecified atom stereocenters. The number of hydrogen-bond acceptors (Lipinski definition) is 4. The number of urea groups is 1. The van der Waals surface area contributed by atoms with Gasteiger partial charge in [-0.3, -0.25) is 0 Å². The number of fused-ring (bicyclic) bond motifs is 1. The van der Waals surface area contributed by atoms with Gasteiger partial charge in [-0.15, -0.1) is 0 Å². The van der Waals surface area contributed by atoms with Gasteiger partial charge in [0.1, 0.15) is 5.75 Å². The van der Waals surface area contributed by atoms with E-state index in [1.807, 2.05) is 43.3 Å². The van der Waals surface area contributed by atoms with E-state index in [9.17, 15) is 4.79 Å². The van der Waals surface area contributed by atoms with E-state index >= 15 is 0 Å². The van der Waals surface area contributed by atoms with Gasteiger partial charge in [0.15, 0.2) is 0 Å². The summed E-state index contributed by atoms with van der Waals surface area (Å²) in [6.07, 6.45) is 4.38. The first kappa shape index (κ1) is 20.1. The number of nitrogens with one attached hydrogen (secondary N) is 1. The maximum Gasteiger partial charge on any atom is 0.336 e. The highest BCUT2D eigenvalue weighted by atomic mass is 16.5. The number of methoxy groups -OCH3 is 1. The number of carbonyl (C=O) groups is 1. The van der Waals surface area contributed by atoms with Crippen molar-refractivity contribution in [2.45, 2.75) is 38.6 Å². The van der Waals surface area contributed by atoms with Crippen LogP contribution in [-0.4, -0.2) is 24.3 Å². The Bertz CT molecular complexity index is 1050. The summed E-state index contributed by atoms with van der Waals surface area (Å²) in [7, 11) is 1.66. The molecule has 2 aromatic carbocycles. The summed E-state index contributed by atoms with van der Waals surface area (Å²) in [4.78, 5) is 12.1. The number of carbonyl (C=O) groups excluding carboxylic acids is 1. The van der Waals surface area contributed by atoms with E-state index in [2.05, 4.69) is 16.0 Å². The number of ether oxygens (including phenoxy) is 1. The van der Waals surface area contributed by atoms with Crippen LogP contribution in [0.4, 0.5) is 16.2 Å². The van der Waals surface area contributed by atoms with Crippen LogP contribution in [-0.2, 0) is 0 Å². The predicted molar refractivity (Wildman–Crippen MR) is 122 cm³/mol. The van der Waals surface area contributed by atoms with Gasteiger partial charge in [0.05, 0.1) is 29.7 Å². The van der Waals surface area contributed by atoms with Crippen molar-refractivity contribution in [3.05, 3.63) is 42.5 Å². The van der Waals surface area contributed by atoms with Gasteiger partial charge in [0.2, 0.25) is 0 Å². The average Bonchev–Trinajstić information content (AvgIpc) is 3.02. The predicted octanol–water partition coefficient (Wildman–Crippen LogP) is 4.42. The highest BCUT2D eigenvalue weighted by Crippen LogP contribution is 2.44. The van der Waals surface area contributed by atoms with Crippen molar-refractivity contribution >= 4 is 28.3 Å². The van der Waals surface area contributed by atoms with Crippen LogP contribution in [0.25, 0.3) is 22.2 Å². The third kappa shape index (κ3) is 3.45. The molecule has 7 heteroatoms. The number of amides is 2. The number of aromatic nitrogens is 1. The van der Waals surface area contributed by atoms with E-state index in [1.54, 1.807) is 7.11 Å². The van der Waals surface area contributed by atoms with E-state index in [4.69, 9.17) is 16.3 Å². The van der Waals surface area contributed by atoms with E-state index in [0.717, 1.165) is 57.9 Å². The highest BCUT2D eigenvalue weighted by Gasteiger charge is 2.27. The zero-order chi connectivity index (χ0) is 21.3. The fourth-order valence-corrected chi connectivity index (χ4v) is 3.98. The van der Waals surface area contributed by atoms with Crippen molar-refractivity contribution in [3.8, 4) is 17.0 Å². The minimum absolute atomic E-state index is 0.320. The molecule has 0 saturated heterocycles. The molecule has 2 amide bonds. The van der Waals surface area contributed by atoms with Crippen LogP contribution in [0.2, 0.25) is 0 Å². The number of hydrazine groups is 1. The van der Waals surface area contributed by atoms with E-state index < -0.39 is 0 Å². The number of hydrogen-bond donors (Lipinski definition) is 3. The van der Waals surface area contributed by atoms with Crippen LogP contribution in [0.1, 0.15) is 38.6 Å². The summed E-state index contributed by atoms with van der Waals surface area (Å²) in [6.45, 7) is 2.59. The Hall–Kier alpha value is -3.19. The fourth-order valence-electron chi connectivity index (χ4n) is 3.98. The topological polar surface area (TPSA) is 98.5 Å². The molecule has 1 saturated carbocycles. The summed E-state index contributed by atoms with van der Waals surface area (Å²) >= 11 is 0. The Morgan fingerprint density at radius 3 is 2.57 bits per heavy atom. The van der Waals surface area contributed by atoms with Crippen LogP contribution in [0, 0.1) is 0 Å². The number of nitrogens with two attached hydrogens (primary N) is 2. The second kappa shape index (κ2) is 8.28. The van der Waals surface area contributed by atoms with Gasteiger partial charge in [-0.2, -0.15) is 0 Å². The molecule has 7 nitrogen and oxygen atoms in total. The van der Waals surface area contributed by atoms with Gasteiger partial charge in [-0.05, 0) is 56.0 Å². The van der Waals surface area contributed by atoms with Gasteiger partial charge in [0.25, 0.3) is 0 Å². The van der Waals surface area contributed by atoms with Crippen LogP contribution in [0.15, 0.2) is 42.5 Å². The summed E-state index contributed by atoms with van der Waals surface area (Å²) in [5.74, 6) is 6.77. The summed E-state index contributed by atoms with van der Waals surface area (Å²) in [5.41, 5.74) is 11.1.